The summed E-state index contributed by atoms with van der Waals surface area (Å²) in [7, 11) is 0. The van der Waals surface area contributed by atoms with Crippen molar-refractivity contribution in [2.24, 2.45) is 0 Å². The van der Waals surface area contributed by atoms with E-state index in [0.29, 0.717) is 13.2 Å². The van der Waals surface area contributed by atoms with E-state index in [1.165, 1.54) is 0 Å². The number of hydrogen-bond acceptors (Lipinski definition) is 3. The summed E-state index contributed by atoms with van der Waals surface area (Å²) in [6.45, 7) is 8.09. The first-order valence-corrected chi connectivity index (χ1v) is 6.79. The zero-order chi connectivity index (χ0) is 13.4. The minimum Gasteiger partial charge on any atom is -0.385 e. The van der Waals surface area contributed by atoms with Crippen molar-refractivity contribution in [3.8, 4) is 0 Å². The second kappa shape index (κ2) is 8.35. The van der Waals surface area contributed by atoms with Gasteiger partial charge in [-0.25, -0.2) is 0 Å². The SMILES string of the molecule is CCOC(CCNc1cccc(Cl)c1C)OCC. The number of nitrogens with one attached hydrogen (secondary N) is 1. The summed E-state index contributed by atoms with van der Waals surface area (Å²) >= 11 is 6.07. The largest absolute Gasteiger partial charge is 0.385 e. The molecule has 0 spiro atoms. The zero-order valence-electron chi connectivity index (χ0n) is 11.3. The van der Waals surface area contributed by atoms with Crippen LogP contribution in [0.15, 0.2) is 18.2 Å². The summed E-state index contributed by atoms with van der Waals surface area (Å²) in [5.41, 5.74) is 2.14. The van der Waals surface area contributed by atoms with E-state index in [9.17, 15) is 0 Å². The van der Waals surface area contributed by atoms with Gasteiger partial charge in [0.25, 0.3) is 0 Å². The fraction of sp³-hybridized carbons (Fsp3) is 0.571. The van der Waals surface area contributed by atoms with Crippen LogP contribution in [0.25, 0.3) is 0 Å². The summed E-state index contributed by atoms with van der Waals surface area (Å²) in [4.78, 5) is 0. The fourth-order valence-electron chi connectivity index (χ4n) is 1.71. The van der Waals surface area contributed by atoms with Gasteiger partial charge in [-0.1, -0.05) is 17.7 Å². The summed E-state index contributed by atoms with van der Waals surface area (Å²) < 4.78 is 11.0. The summed E-state index contributed by atoms with van der Waals surface area (Å²) in [5, 5.41) is 4.14. The molecule has 0 atom stereocenters. The topological polar surface area (TPSA) is 30.5 Å². The van der Waals surface area contributed by atoms with Gasteiger partial charge in [0.05, 0.1) is 0 Å². The monoisotopic (exact) mass is 271 g/mol. The number of hydrogen-bond donors (Lipinski definition) is 1. The average molecular weight is 272 g/mol. The van der Waals surface area contributed by atoms with Crippen LogP contribution < -0.4 is 5.32 Å². The third-order valence-corrected chi connectivity index (χ3v) is 3.08. The molecule has 0 unspecified atom stereocenters. The quantitative estimate of drug-likeness (QED) is 0.729. The molecule has 0 radical (unpaired) electrons. The standard InChI is InChI=1S/C14H22ClNO2/c1-4-17-14(18-5-2)9-10-16-13-8-6-7-12(15)11(13)3/h6-8,14,16H,4-5,9-10H2,1-3H3. The van der Waals surface area contributed by atoms with Crippen LogP contribution in [0.4, 0.5) is 5.69 Å². The summed E-state index contributed by atoms with van der Waals surface area (Å²) in [6, 6.07) is 5.86. The molecule has 0 saturated heterocycles. The lowest BCUT2D eigenvalue weighted by Gasteiger charge is -2.18. The van der Waals surface area contributed by atoms with Crippen molar-refractivity contribution in [3.05, 3.63) is 28.8 Å². The first kappa shape index (κ1) is 15.3. The second-order valence-electron chi connectivity index (χ2n) is 3.97. The maximum atomic E-state index is 6.07. The van der Waals surface area contributed by atoms with E-state index in [-0.39, 0.29) is 6.29 Å². The van der Waals surface area contributed by atoms with E-state index >= 15 is 0 Å². The maximum Gasteiger partial charge on any atom is 0.159 e. The normalized spacial score (nSPS) is 10.9. The Labute approximate surface area is 114 Å². The lowest BCUT2D eigenvalue weighted by Crippen LogP contribution is -2.21. The van der Waals surface area contributed by atoms with Gasteiger partial charge in [0.1, 0.15) is 0 Å². The minimum absolute atomic E-state index is 0.132. The van der Waals surface area contributed by atoms with Gasteiger partial charge in [-0.2, -0.15) is 0 Å². The predicted octanol–water partition coefficient (Wildman–Crippen LogP) is 3.85. The maximum absolute atomic E-state index is 6.07. The van der Waals surface area contributed by atoms with Gasteiger partial charge in [-0.15, -0.1) is 0 Å². The van der Waals surface area contributed by atoms with Gasteiger partial charge in [0, 0.05) is 36.9 Å². The van der Waals surface area contributed by atoms with Crippen molar-refractivity contribution < 1.29 is 9.47 Å². The van der Waals surface area contributed by atoms with E-state index in [2.05, 4.69) is 5.32 Å². The van der Waals surface area contributed by atoms with Crippen LogP contribution in [0.3, 0.4) is 0 Å². The highest BCUT2D eigenvalue weighted by molar-refractivity contribution is 6.31. The van der Waals surface area contributed by atoms with Crippen LogP contribution in [-0.4, -0.2) is 26.0 Å². The lowest BCUT2D eigenvalue weighted by atomic mass is 10.2. The van der Waals surface area contributed by atoms with Gasteiger partial charge < -0.3 is 14.8 Å². The molecule has 0 amide bonds. The number of benzene rings is 1. The first-order chi connectivity index (χ1) is 8.69. The molecule has 0 fully saturated rings. The molecule has 4 heteroatoms. The van der Waals surface area contributed by atoms with Crippen molar-refractivity contribution in [2.75, 3.05) is 25.1 Å². The van der Waals surface area contributed by atoms with Gasteiger partial charge in [-0.05, 0) is 38.5 Å². The highest BCUT2D eigenvalue weighted by Gasteiger charge is 2.08. The zero-order valence-corrected chi connectivity index (χ0v) is 12.1. The van der Waals surface area contributed by atoms with Crippen LogP contribution in [-0.2, 0) is 9.47 Å². The Morgan fingerprint density at radius 3 is 2.50 bits per heavy atom. The Kier molecular flexibility index (Phi) is 7.09. The van der Waals surface area contributed by atoms with E-state index in [1.807, 2.05) is 39.0 Å². The molecule has 1 rings (SSSR count). The number of halogens is 1. The molecule has 1 aromatic carbocycles. The number of ether oxygens (including phenoxy) is 2. The Hall–Kier alpha value is -0.770. The molecule has 18 heavy (non-hydrogen) atoms. The third kappa shape index (κ3) is 4.84. The fourth-order valence-corrected chi connectivity index (χ4v) is 1.88. The van der Waals surface area contributed by atoms with Crippen molar-refractivity contribution in [1.29, 1.82) is 0 Å². The molecular formula is C14H22ClNO2. The summed E-state index contributed by atoms with van der Waals surface area (Å²) in [6.07, 6.45) is 0.681. The molecule has 0 aliphatic rings. The molecule has 0 bridgehead atoms. The van der Waals surface area contributed by atoms with Gasteiger partial charge in [0.2, 0.25) is 0 Å². The molecule has 0 saturated carbocycles. The molecule has 1 N–H and O–H groups in total. The lowest BCUT2D eigenvalue weighted by molar-refractivity contribution is -0.137. The van der Waals surface area contributed by atoms with E-state index in [4.69, 9.17) is 21.1 Å². The van der Waals surface area contributed by atoms with Crippen molar-refractivity contribution in [3.63, 3.8) is 0 Å². The smallest absolute Gasteiger partial charge is 0.159 e. The van der Waals surface area contributed by atoms with Crippen LogP contribution in [0, 0.1) is 6.92 Å². The van der Waals surface area contributed by atoms with E-state index in [0.717, 1.165) is 29.2 Å². The number of rotatable bonds is 8. The van der Waals surface area contributed by atoms with Crippen molar-refractivity contribution in [1.82, 2.24) is 0 Å². The van der Waals surface area contributed by atoms with Crippen LogP contribution >= 0.6 is 11.6 Å². The predicted molar refractivity (Wildman–Crippen MR) is 76.3 cm³/mol. The molecule has 0 heterocycles. The Morgan fingerprint density at radius 2 is 1.89 bits per heavy atom. The summed E-state index contributed by atoms with van der Waals surface area (Å²) in [5.74, 6) is 0. The van der Waals surface area contributed by atoms with Crippen LogP contribution in [0.2, 0.25) is 5.02 Å². The molecule has 102 valence electrons. The van der Waals surface area contributed by atoms with Crippen molar-refractivity contribution >= 4 is 17.3 Å². The van der Waals surface area contributed by atoms with E-state index < -0.39 is 0 Å². The van der Waals surface area contributed by atoms with Crippen LogP contribution in [0.5, 0.6) is 0 Å². The molecule has 3 nitrogen and oxygen atoms in total. The Balaban J connectivity index is 2.42. The molecular weight excluding hydrogens is 250 g/mol. The van der Waals surface area contributed by atoms with E-state index in [1.54, 1.807) is 0 Å². The average Bonchev–Trinajstić information content (AvgIpc) is 2.35. The molecule has 0 aliphatic carbocycles. The Bertz CT molecular complexity index is 352. The second-order valence-corrected chi connectivity index (χ2v) is 4.38. The molecule has 1 aromatic rings. The molecule has 0 aliphatic heterocycles. The highest BCUT2D eigenvalue weighted by atomic mass is 35.5. The van der Waals surface area contributed by atoms with Crippen molar-refractivity contribution in [2.45, 2.75) is 33.5 Å². The van der Waals surface area contributed by atoms with Gasteiger partial charge in [0.15, 0.2) is 6.29 Å². The molecule has 0 aromatic heterocycles. The first-order valence-electron chi connectivity index (χ1n) is 6.41. The minimum atomic E-state index is -0.132. The number of anilines is 1. The van der Waals surface area contributed by atoms with Gasteiger partial charge >= 0.3 is 0 Å². The highest BCUT2D eigenvalue weighted by Crippen LogP contribution is 2.22. The van der Waals surface area contributed by atoms with Crippen LogP contribution in [0.1, 0.15) is 25.8 Å². The Morgan fingerprint density at radius 1 is 1.22 bits per heavy atom. The third-order valence-electron chi connectivity index (χ3n) is 2.67. The van der Waals surface area contributed by atoms with Gasteiger partial charge in [-0.3, -0.25) is 0 Å².